The van der Waals surface area contributed by atoms with Gasteiger partial charge < -0.3 is 0 Å². The van der Waals surface area contributed by atoms with Crippen LogP contribution in [0, 0.1) is 0 Å². The van der Waals surface area contributed by atoms with Gasteiger partial charge in [-0.25, -0.2) is 0 Å². The van der Waals surface area contributed by atoms with Crippen molar-refractivity contribution in [3.63, 3.8) is 0 Å². The molecule has 1 radical (unpaired) electrons. The summed E-state index contributed by atoms with van der Waals surface area (Å²) < 4.78 is 0. The highest BCUT2D eigenvalue weighted by Crippen LogP contribution is 2.17. The van der Waals surface area contributed by atoms with Crippen LogP contribution >= 0.6 is 0 Å². The summed E-state index contributed by atoms with van der Waals surface area (Å²) in [5, 5.41) is 3.64. The second kappa shape index (κ2) is 17.0. The molecular weight excluding hydrogens is 348 g/mol. The molecule has 0 aliphatic carbocycles. The second-order valence-corrected chi connectivity index (χ2v) is 8.55. The van der Waals surface area contributed by atoms with Crippen LogP contribution in [0.2, 0.25) is 0 Å². The smallest absolute Gasteiger partial charge is 0.266 e. The molecule has 1 aliphatic heterocycles. The van der Waals surface area contributed by atoms with Crippen molar-refractivity contribution in [1.29, 1.82) is 0 Å². The maximum atomic E-state index is 12.1. The van der Waals surface area contributed by atoms with E-state index >= 15 is 0 Å². The lowest BCUT2D eigenvalue weighted by Gasteiger charge is -2.26. The standard InChI is InChI=1S/C24H45N2O2/c1-3-5-7-9-11-12-13-14-16-18-20-26(19-17-15-10-8-6-4-2)22-21-23(27)25-24(22)28/h22H,3-21H2,1-2H3. The Bertz CT molecular complexity index is 411. The number of amides is 2. The predicted molar refractivity (Wildman–Crippen MR) is 117 cm³/mol. The highest BCUT2D eigenvalue weighted by molar-refractivity contribution is 6.05. The van der Waals surface area contributed by atoms with Gasteiger partial charge in [0.2, 0.25) is 0 Å². The fourth-order valence-electron chi connectivity index (χ4n) is 4.10. The number of hydrogen-bond acceptors (Lipinski definition) is 3. The van der Waals surface area contributed by atoms with Gasteiger partial charge in [0.05, 0.1) is 6.42 Å². The van der Waals surface area contributed by atoms with Crippen molar-refractivity contribution in [3.05, 3.63) is 0 Å². The number of hydrogen-bond donors (Lipinski definition) is 0. The zero-order chi connectivity index (χ0) is 20.5. The van der Waals surface area contributed by atoms with Crippen LogP contribution in [0.1, 0.15) is 123 Å². The van der Waals surface area contributed by atoms with Gasteiger partial charge in [0, 0.05) is 0 Å². The van der Waals surface area contributed by atoms with Crippen LogP contribution in [0.5, 0.6) is 0 Å². The fraction of sp³-hybridized carbons (Fsp3) is 0.917. The van der Waals surface area contributed by atoms with Crippen LogP contribution in [0.15, 0.2) is 0 Å². The molecule has 28 heavy (non-hydrogen) atoms. The summed E-state index contributed by atoms with van der Waals surface area (Å²) in [7, 11) is 0. The van der Waals surface area contributed by atoms with Crippen LogP contribution < -0.4 is 5.32 Å². The summed E-state index contributed by atoms with van der Waals surface area (Å²) >= 11 is 0. The van der Waals surface area contributed by atoms with Crippen molar-refractivity contribution >= 4 is 11.8 Å². The summed E-state index contributed by atoms with van der Waals surface area (Å²) in [6.07, 6.45) is 21.0. The van der Waals surface area contributed by atoms with Gasteiger partial charge in [-0.2, -0.15) is 5.32 Å². The number of rotatable bonds is 19. The zero-order valence-corrected chi connectivity index (χ0v) is 18.7. The van der Waals surface area contributed by atoms with Crippen molar-refractivity contribution in [1.82, 2.24) is 10.2 Å². The van der Waals surface area contributed by atoms with Gasteiger partial charge in [-0.15, -0.1) is 0 Å². The first kappa shape index (κ1) is 25.1. The van der Waals surface area contributed by atoms with E-state index in [1.807, 2.05) is 0 Å². The van der Waals surface area contributed by atoms with E-state index < -0.39 is 0 Å². The number of carbonyl (C=O) groups excluding carboxylic acids is 2. The molecular formula is C24H45N2O2. The summed E-state index contributed by atoms with van der Waals surface area (Å²) in [5.41, 5.74) is 0. The van der Waals surface area contributed by atoms with E-state index in [9.17, 15) is 9.59 Å². The zero-order valence-electron chi connectivity index (χ0n) is 18.7. The molecule has 1 saturated heterocycles. The minimum atomic E-state index is -0.276. The van der Waals surface area contributed by atoms with Crippen LogP contribution in [0.3, 0.4) is 0 Å². The first-order valence-electron chi connectivity index (χ1n) is 12.2. The lowest BCUT2D eigenvalue weighted by molar-refractivity contribution is -0.126. The van der Waals surface area contributed by atoms with E-state index in [1.54, 1.807) is 0 Å². The van der Waals surface area contributed by atoms with Crippen molar-refractivity contribution in [2.45, 2.75) is 129 Å². The summed E-state index contributed by atoms with van der Waals surface area (Å²) in [5.74, 6) is -0.436. The minimum Gasteiger partial charge on any atom is -0.291 e. The molecule has 163 valence electrons. The summed E-state index contributed by atoms with van der Waals surface area (Å²) in [6, 6.07) is -0.276. The van der Waals surface area contributed by atoms with E-state index in [0.717, 1.165) is 25.9 Å². The molecule has 2 amide bonds. The number of imide groups is 1. The summed E-state index contributed by atoms with van der Waals surface area (Å²) in [4.78, 5) is 25.8. The number of unbranched alkanes of at least 4 members (excludes halogenated alkanes) is 14. The Hall–Kier alpha value is -0.900. The Labute approximate surface area is 174 Å². The molecule has 1 unspecified atom stereocenters. The average Bonchev–Trinajstić information content (AvgIpc) is 3.02. The molecule has 1 fully saturated rings. The molecule has 4 nitrogen and oxygen atoms in total. The number of carbonyl (C=O) groups is 2. The Morgan fingerprint density at radius 3 is 1.43 bits per heavy atom. The van der Waals surface area contributed by atoms with Crippen molar-refractivity contribution < 1.29 is 9.59 Å². The van der Waals surface area contributed by atoms with Crippen molar-refractivity contribution in [2.24, 2.45) is 0 Å². The third kappa shape index (κ3) is 11.8. The molecule has 1 heterocycles. The van der Waals surface area contributed by atoms with E-state index in [1.165, 1.54) is 89.9 Å². The first-order valence-corrected chi connectivity index (χ1v) is 12.2. The Morgan fingerprint density at radius 2 is 1.07 bits per heavy atom. The molecule has 4 heteroatoms. The van der Waals surface area contributed by atoms with Gasteiger partial charge in [0.25, 0.3) is 11.8 Å². The van der Waals surface area contributed by atoms with Crippen molar-refractivity contribution in [2.75, 3.05) is 13.1 Å². The van der Waals surface area contributed by atoms with E-state index in [2.05, 4.69) is 24.1 Å². The molecule has 0 N–H and O–H groups in total. The third-order valence-corrected chi connectivity index (χ3v) is 5.93. The topological polar surface area (TPSA) is 51.5 Å². The van der Waals surface area contributed by atoms with Gasteiger partial charge in [0.15, 0.2) is 0 Å². The second-order valence-electron chi connectivity index (χ2n) is 8.55. The van der Waals surface area contributed by atoms with Gasteiger partial charge in [-0.3, -0.25) is 14.5 Å². The highest BCUT2D eigenvalue weighted by atomic mass is 16.2. The first-order chi connectivity index (χ1) is 13.7. The maximum absolute atomic E-state index is 12.1. The van der Waals surface area contributed by atoms with E-state index in [0.29, 0.717) is 6.42 Å². The Kier molecular flexibility index (Phi) is 15.3. The molecule has 0 aromatic rings. The van der Waals surface area contributed by atoms with Crippen LogP contribution in [0.25, 0.3) is 0 Å². The Balaban J connectivity index is 2.18. The fourth-order valence-corrected chi connectivity index (χ4v) is 4.10. The molecule has 0 aromatic heterocycles. The average molecular weight is 394 g/mol. The lowest BCUT2D eigenvalue weighted by Crippen LogP contribution is -2.40. The molecule has 0 spiro atoms. The Morgan fingerprint density at radius 1 is 0.679 bits per heavy atom. The number of nitrogens with zero attached hydrogens (tertiary/aromatic N) is 2. The molecule has 1 atom stereocenters. The molecule has 1 aliphatic rings. The largest absolute Gasteiger partial charge is 0.291 e. The molecule has 0 saturated carbocycles. The van der Waals surface area contributed by atoms with Gasteiger partial charge in [0.1, 0.15) is 6.04 Å². The van der Waals surface area contributed by atoms with E-state index in [4.69, 9.17) is 0 Å². The minimum absolute atomic E-state index is 0.205. The van der Waals surface area contributed by atoms with Gasteiger partial charge in [-0.1, -0.05) is 104 Å². The van der Waals surface area contributed by atoms with Crippen molar-refractivity contribution in [3.8, 4) is 0 Å². The van der Waals surface area contributed by atoms with Crippen LogP contribution in [-0.4, -0.2) is 35.8 Å². The molecule has 0 bridgehead atoms. The SMILES string of the molecule is CCCCCCCCCCCCN(CCCCCCCC)C1CC(=O)[N]C1=O. The van der Waals surface area contributed by atoms with Crippen LogP contribution in [0.4, 0.5) is 0 Å². The lowest BCUT2D eigenvalue weighted by atomic mass is 10.1. The maximum Gasteiger partial charge on any atom is 0.266 e. The predicted octanol–water partition coefficient (Wildman–Crippen LogP) is 6.00. The monoisotopic (exact) mass is 393 g/mol. The van der Waals surface area contributed by atoms with Crippen LogP contribution in [-0.2, 0) is 9.59 Å². The van der Waals surface area contributed by atoms with E-state index in [-0.39, 0.29) is 17.9 Å². The normalized spacial score (nSPS) is 16.9. The molecule has 0 aromatic carbocycles. The van der Waals surface area contributed by atoms with Gasteiger partial charge >= 0.3 is 0 Å². The third-order valence-electron chi connectivity index (χ3n) is 5.93. The highest BCUT2D eigenvalue weighted by Gasteiger charge is 2.36. The molecule has 1 rings (SSSR count). The van der Waals surface area contributed by atoms with Gasteiger partial charge in [-0.05, 0) is 25.9 Å². The quantitative estimate of drug-likeness (QED) is 0.200. The summed E-state index contributed by atoms with van der Waals surface area (Å²) in [6.45, 7) is 6.37.